The van der Waals surface area contributed by atoms with Gasteiger partial charge in [-0.25, -0.2) is 19.9 Å². The Balaban J connectivity index is 0.000000136. The van der Waals surface area contributed by atoms with Crippen molar-refractivity contribution in [1.29, 1.82) is 0 Å². The van der Waals surface area contributed by atoms with Gasteiger partial charge in [-0.1, -0.05) is 256 Å². The van der Waals surface area contributed by atoms with Crippen LogP contribution in [0.4, 0.5) is 0 Å². The van der Waals surface area contributed by atoms with E-state index in [0.717, 1.165) is 88.1 Å². The Hall–Kier alpha value is -10.6. The zero-order valence-electron chi connectivity index (χ0n) is 59.3. The van der Waals surface area contributed by atoms with Crippen LogP contribution in [0.3, 0.4) is 0 Å². The highest BCUT2D eigenvalue weighted by Crippen LogP contribution is 2.38. The van der Waals surface area contributed by atoms with E-state index < -0.39 is 0 Å². The Morgan fingerprint density at radius 1 is 0.318 bits per heavy atom. The standard InChI is InChI=1S/2C23H17Cl2NO2.C23H19NO2.C21H15Cl2NO2S.CH4/c2*1-14(17-8-5-9-18(24)22(17)25)20(27)12-15-10-11-19-21(13-15)28-23(26-19)16-6-3-2-4-7-16;1-16(18-8-4-2-5-9-18)21(25)14-17-12-13-20-22(15-17)26-23(24-20)19-10-6-3-7-11-19;1-12(14-4-2-5-15(22)20(14)23)17(25)10-13-7-8-16-18(11-13)26-21(24-16)19-6-3-9-27-19;/h2*2-11,13-14H,12H2,1H3;2-13,15-16H,14H2,1H3;2-9,11-12H,10H2,1H3;1H4/t14-;;16-;12-;/m1.01./s1. The molecule has 11 aromatic carbocycles. The lowest BCUT2D eigenvalue weighted by molar-refractivity contribution is -0.120. The van der Waals surface area contributed by atoms with Gasteiger partial charge >= 0.3 is 0 Å². The quantitative estimate of drug-likeness (QED) is 0.0708. The minimum Gasteiger partial charge on any atom is -0.436 e. The van der Waals surface area contributed by atoms with Crippen LogP contribution in [0.15, 0.2) is 284 Å². The summed E-state index contributed by atoms with van der Waals surface area (Å²) in [6, 6.07) is 81.9. The van der Waals surface area contributed by atoms with Crippen LogP contribution in [0.5, 0.6) is 0 Å². The molecule has 0 aliphatic rings. The molecule has 552 valence electrons. The molecule has 0 N–H and O–H groups in total. The number of ketones is 4. The second-order valence-electron chi connectivity index (χ2n) is 26.2. The second-order valence-corrected chi connectivity index (χ2v) is 29.5. The van der Waals surface area contributed by atoms with Gasteiger partial charge in [-0.2, -0.15) is 0 Å². The average Bonchev–Trinajstić information content (AvgIpc) is 1.70. The molecule has 16 aromatic rings. The first-order valence-corrected chi connectivity index (χ1v) is 38.2. The third-order valence-electron chi connectivity index (χ3n) is 18.7. The molecule has 0 bridgehead atoms. The molecule has 0 saturated carbocycles. The van der Waals surface area contributed by atoms with Crippen LogP contribution >= 0.6 is 80.9 Å². The molecule has 0 aliphatic heterocycles. The van der Waals surface area contributed by atoms with Gasteiger partial charge in [0.2, 0.25) is 23.6 Å². The molecule has 1 unspecified atom stereocenters. The number of carbonyl (C=O) groups excluding carboxylic acids is 4. The summed E-state index contributed by atoms with van der Waals surface area (Å²) in [4.78, 5) is 70.0. The van der Waals surface area contributed by atoms with E-state index in [1.807, 2.05) is 258 Å². The number of aromatic nitrogens is 4. The molecule has 0 spiro atoms. The first kappa shape index (κ1) is 79.0. The molecule has 12 nitrogen and oxygen atoms in total. The molecule has 0 saturated heterocycles. The van der Waals surface area contributed by atoms with Crippen molar-refractivity contribution in [2.75, 3.05) is 0 Å². The number of hydrogen-bond acceptors (Lipinski definition) is 13. The smallest absolute Gasteiger partial charge is 0.237 e. The molecule has 5 heterocycles. The van der Waals surface area contributed by atoms with E-state index in [1.165, 1.54) is 0 Å². The van der Waals surface area contributed by atoms with Gasteiger partial charge in [0.25, 0.3) is 0 Å². The van der Waals surface area contributed by atoms with Crippen LogP contribution in [-0.2, 0) is 44.9 Å². The highest BCUT2D eigenvalue weighted by atomic mass is 35.5. The third kappa shape index (κ3) is 19.0. The van der Waals surface area contributed by atoms with Crippen LogP contribution in [0.1, 0.15) is 103 Å². The zero-order chi connectivity index (χ0) is 76.2. The number of nitrogens with zero attached hydrogens (tertiary/aromatic N) is 4. The van der Waals surface area contributed by atoms with E-state index in [0.29, 0.717) is 82.5 Å². The Morgan fingerprint density at radius 3 is 0.900 bits per heavy atom. The minimum atomic E-state index is -0.350. The molecule has 0 fully saturated rings. The van der Waals surface area contributed by atoms with E-state index in [1.54, 1.807) is 47.7 Å². The molecule has 0 radical (unpaired) electrons. The fourth-order valence-corrected chi connectivity index (χ4v) is 14.4. The van der Waals surface area contributed by atoms with Crippen LogP contribution in [0, 0.1) is 0 Å². The van der Waals surface area contributed by atoms with Gasteiger partial charge in [-0.3, -0.25) is 19.2 Å². The van der Waals surface area contributed by atoms with Crippen molar-refractivity contribution in [2.45, 2.75) is 84.5 Å². The van der Waals surface area contributed by atoms with E-state index in [4.69, 9.17) is 87.3 Å². The van der Waals surface area contributed by atoms with Crippen molar-refractivity contribution < 1.29 is 36.8 Å². The van der Waals surface area contributed by atoms with E-state index >= 15 is 0 Å². The van der Waals surface area contributed by atoms with E-state index in [9.17, 15) is 19.2 Å². The SMILES string of the molecule is C.CC(C(=O)Cc1ccc2nc(-c3ccccc3)oc2c1)c1cccc(Cl)c1Cl.C[C@@H](C(=O)Cc1ccc2nc(-c3ccccc3)oc2c1)c1cccc(Cl)c1Cl.C[C@@H](C(=O)Cc1ccc2nc(-c3cccs3)oc2c1)c1cccc(Cl)c1Cl.C[C@H](C(=O)Cc1ccc2nc(-c3ccccc3)oc2c1)c1ccccc1. The number of benzene rings is 11. The second kappa shape index (κ2) is 36.3. The fraction of sp³-hybridized carbons (Fsp3) is 0.143. The Morgan fingerprint density at radius 2 is 0.600 bits per heavy atom. The monoisotopic (exact) mass is 1590 g/mol. The van der Waals surface area contributed by atoms with Gasteiger partial charge in [0.1, 0.15) is 45.2 Å². The maximum absolute atomic E-state index is 12.8. The van der Waals surface area contributed by atoms with Crippen LogP contribution < -0.4 is 0 Å². The summed E-state index contributed by atoms with van der Waals surface area (Å²) >= 11 is 38.6. The molecule has 16 rings (SSSR count). The Bertz CT molecular complexity index is 5720. The summed E-state index contributed by atoms with van der Waals surface area (Å²) in [5.74, 6) is 1.55. The lowest BCUT2D eigenvalue weighted by Crippen LogP contribution is -2.12. The van der Waals surface area contributed by atoms with Gasteiger partial charge in [-0.05, 0) is 159 Å². The molecular weight excluding hydrogens is 1520 g/mol. The topological polar surface area (TPSA) is 172 Å². The molecular formula is C91H72Cl6N4O8S. The summed E-state index contributed by atoms with van der Waals surface area (Å²) in [5, 5.41) is 4.65. The predicted octanol–water partition coefficient (Wildman–Crippen LogP) is 26.3. The van der Waals surface area contributed by atoms with Crippen molar-refractivity contribution in [2.24, 2.45) is 0 Å². The molecule has 5 aromatic heterocycles. The third-order valence-corrected chi connectivity index (χ3v) is 22.1. The number of rotatable bonds is 20. The molecule has 110 heavy (non-hydrogen) atoms. The van der Waals surface area contributed by atoms with Gasteiger partial charge in [0.15, 0.2) is 22.3 Å². The van der Waals surface area contributed by atoms with Crippen LogP contribution in [0.2, 0.25) is 30.1 Å². The maximum Gasteiger partial charge on any atom is 0.237 e. The largest absolute Gasteiger partial charge is 0.436 e. The number of Topliss-reactive ketones (excluding diaryl/α,β-unsaturated/α-hetero) is 4. The maximum atomic E-state index is 12.8. The van der Waals surface area contributed by atoms with Gasteiger partial charge < -0.3 is 17.7 Å². The number of oxazole rings is 4. The lowest BCUT2D eigenvalue weighted by Gasteiger charge is -2.13. The van der Waals surface area contributed by atoms with E-state index in [-0.39, 0.29) is 73.5 Å². The van der Waals surface area contributed by atoms with Gasteiger partial charge in [0, 0.05) is 66.0 Å². The summed E-state index contributed by atoms with van der Waals surface area (Å²) in [6.07, 6.45) is 1.23. The highest BCUT2D eigenvalue weighted by molar-refractivity contribution is 7.13. The number of hydrogen-bond donors (Lipinski definition) is 0. The van der Waals surface area contributed by atoms with Gasteiger partial charge in [-0.15, -0.1) is 11.3 Å². The first-order chi connectivity index (χ1) is 52.8. The number of carbonyl (C=O) groups is 4. The fourth-order valence-electron chi connectivity index (χ4n) is 12.4. The normalized spacial score (nSPS) is 12.2. The van der Waals surface area contributed by atoms with Crippen molar-refractivity contribution in [1.82, 2.24) is 19.9 Å². The Kier molecular flexibility index (Phi) is 26.1. The van der Waals surface area contributed by atoms with Crippen LogP contribution in [-0.4, -0.2) is 43.1 Å². The number of halogens is 6. The van der Waals surface area contributed by atoms with E-state index in [2.05, 4.69) is 19.9 Å². The Labute approximate surface area is 670 Å². The number of thiophene rings is 1. The van der Waals surface area contributed by atoms with Gasteiger partial charge in [0.05, 0.1) is 35.0 Å². The minimum absolute atomic E-state index is 0. The van der Waals surface area contributed by atoms with Crippen molar-refractivity contribution in [3.63, 3.8) is 0 Å². The lowest BCUT2D eigenvalue weighted by atomic mass is 9.92. The summed E-state index contributed by atoms with van der Waals surface area (Å²) < 4.78 is 23.6. The van der Waals surface area contributed by atoms with Crippen molar-refractivity contribution in [3.8, 4) is 45.1 Å². The summed E-state index contributed by atoms with van der Waals surface area (Å²) in [6.45, 7) is 7.50. The van der Waals surface area contributed by atoms with Crippen molar-refractivity contribution in [3.05, 3.63) is 341 Å². The zero-order valence-corrected chi connectivity index (χ0v) is 64.6. The first-order valence-electron chi connectivity index (χ1n) is 35.0. The number of fused-ring (bicyclic) bond motifs is 4. The molecule has 19 heteroatoms. The molecule has 4 atom stereocenters. The van der Waals surface area contributed by atoms with Crippen molar-refractivity contribution >= 4 is 148 Å². The average molecular weight is 1590 g/mol. The molecule has 0 aliphatic carbocycles. The highest BCUT2D eigenvalue weighted by Gasteiger charge is 2.25. The summed E-state index contributed by atoms with van der Waals surface area (Å²) in [5.41, 5.74) is 15.5. The summed E-state index contributed by atoms with van der Waals surface area (Å²) in [7, 11) is 0. The van der Waals surface area contributed by atoms with Crippen LogP contribution in [0.25, 0.3) is 89.5 Å². The predicted molar refractivity (Wildman–Crippen MR) is 447 cm³/mol. The molecule has 0 amide bonds.